The quantitative estimate of drug-likeness (QED) is 0.233. The Kier molecular flexibility index (Phi) is 8.24. The molecular formula is C29H31ClN2O6S2. The van der Waals surface area contributed by atoms with E-state index in [4.69, 9.17) is 16.3 Å². The molecule has 2 aliphatic carbocycles. The summed E-state index contributed by atoms with van der Waals surface area (Å²) in [5.74, 6) is -1.23. The highest BCUT2D eigenvalue weighted by Gasteiger charge is 2.74. The molecule has 0 bridgehead atoms. The maximum atomic E-state index is 13.5. The van der Waals surface area contributed by atoms with Gasteiger partial charge in [0, 0.05) is 21.9 Å². The van der Waals surface area contributed by atoms with E-state index in [0.29, 0.717) is 17.9 Å². The van der Waals surface area contributed by atoms with Crippen molar-refractivity contribution < 1.29 is 27.9 Å². The van der Waals surface area contributed by atoms with Crippen LogP contribution in [-0.2, 0) is 25.0 Å². The van der Waals surface area contributed by atoms with Crippen LogP contribution >= 0.6 is 22.9 Å². The van der Waals surface area contributed by atoms with Crippen LogP contribution in [0.1, 0.15) is 50.5 Å². The summed E-state index contributed by atoms with van der Waals surface area (Å²) in [6, 6.07) is 19.3. The van der Waals surface area contributed by atoms with E-state index in [2.05, 4.69) is 10.0 Å². The van der Waals surface area contributed by atoms with Crippen molar-refractivity contribution >= 4 is 45.0 Å². The number of carboxylic acid groups (broad SMARTS) is 1. The lowest BCUT2D eigenvalue weighted by Crippen LogP contribution is -2.48. The third-order valence-corrected chi connectivity index (χ3v) is 11.2. The van der Waals surface area contributed by atoms with Gasteiger partial charge in [0.25, 0.3) is 10.0 Å². The number of rotatable bonds is 11. The summed E-state index contributed by atoms with van der Waals surface area (Å²) in [6.45, 7) is 0.290. The van der Waals surface area contributed by atoms with Crippen LogP contribution in [0.25, 0.3) is 10.4 Å². The smallest absolute Gasteiger partial charge is 0.407 e. The van der Waals surface area contributed by atoms with Crippen LogP contribution in [0.5, 0.6) is 0 Å². The van der Waals surface area contributed by atoms with Gasteiger partial charge in [-0.15, -0.1) is 11.3 Å². The van der Waals surface area contributed by atoms with Crippen molar-refractivity contribution in [3.8, 4) is 10.4 Å². The Bertz CT molecular complexity index is 1470. The molecule has 5 rings (SSSR count). The van der Waals surface area contributed by atoms with Crippen molar-refractivity contribution in [2.24, 2.45) is 0 Å². The van der Waals surface area contributed by atoms with Gasteiger partial charge in [0.05, 0.1) is 0 Å². The van der Waals surface area contributed by atoms with Gasteiger partial charge in [0.1, 0.15) is 15.9 Å². The van der Waals surface area contributed by atoms with Crippen LogP contribution in [0.4, 0.5) is 4.79 Å². The van der Waals surface area contributed by atoms with Crippen LogP contribution in [0.15, 0.2) is 70.9 Å². The van der Waals surface area contributed by atoms with Crippen molar-refractivity contribution in [1.29, 1.82) is 0 Å². The summed E-state index contributed by atoms with van der Waals surface area (Å²) < 4.78 is 35.1. The van der Waals surface area contributed by atoms with Crippen LogP contribution in [0.2, 0.25) is 5.02 Å². The molecule has 0 unspecified atom stereocenters. The molecule has 0 spiro atoms. The lowest BCUT2D eigenvalue weighted by Gasteiger charge is -2.24. The second-order valence-corrected chi connectivity index (χ2v) is 13.8. The lowest BCUT2D eigenvalue weighted by molar-refractivity contribution is -0.140. The molecule has 1 aromatic heterocycles. The molecule has 2 saturated carbocycles. The topological polar surface area (TPSA) is 122 Å². The largest absolute Gasteiger partial charge is 0.480 e. The second-order valence-electron chi connectivity index (χ2n) is 10.4. The van der Waals surface area contributed by atoms with Gasteiger partial charge in [-0.3, -0.25) is 4.79 Å². The van der Waals surface area contributed by atoms with E-state index < -0.39 is 33.0 Å². The minimum absolute atomic E-state index is 0.0308. The number of hydrogen-bond donors (Lipinski definition) is 3. The summed E-state index contributed by atoms with van der Waals surface area (Å²) >= 11 is 7.04. The summed E-state index contributed by atoms with van der Waals surface area (Å²) in [5.41, 5.74) is -1.14. The Morgan fingerprint density at radius 2 is 1.73 bits per heavy atom. The Morgan fingerprint density at radius 3 is 2.40 bits per heavy atom. The molecule has 8 nitrogen and oxygen atoms in total. The number of amides is 1. The molecule has 1 amide bonds. The summed E-state index contributed by atoms with van der Waals surface area (Å²) in [4.78, 5) is 25.7. The zero-order chi connectivity index (χ0) is 28.4. The standard InChI is InChI=1S/C29H31ClN2O6S2/c30-22-13-11-20(12-14-22)24-15-16-25(39-24)40(36,37)32-29(26(33)34)19-28(29,21-7-2-1-3-8-21)17-6-18-31-27(35)38-23-9-4-5-10-23/h1-3,7-8,11-16,23,32H,4-6,9-10,17-19H2,(H,31,35)(H,33,34)/t28-,29-/m0/s1. The van der Waals surface area contributed by atoms with E-state index in [-0.39, 0.29) is 23.3 Å². The Labute approximate surface area is 242 Å². The van der Waals surface area contributed by atoms with Crippen LogP contribution in [0, 0.1) is 0 Å². The number of benzene rings is 2. The molecule has 212 valence electrons. The van der Waals surface area contributed by atoms with Crippen molar-refractivity contribution in [3.63, 3.8) is 0 Å². The third-order valence-electron chi connectivity index (χ3n) is 7.86. The van der Waals surface area contributed by atoms with Gasteiger partial charge in [0.15, 0.2) is 0 Å². The minimum Gasteiger partial charge on any atom is -0.480 e. The molecule has 40 heavy (non-hydrogen) atoms. The minimum atomic E-state index is -4.16. The van der Waals surface area contributed by atoms with E-state index in [0.717, 1.165) is 53.0 Å². The fraction of sp³-hybridized carbons (Fsp3) is 0.379. The molecule has 1 heterocycles. The van der Waals surface area contributed by atoms with Gasteiger partial charge < -0.3 is 15.2 Å². The highest BCUT2D eigenvalue weighted by atomic mass is 35.5. The first-order valence-corrected chi connectivity index (χ1v) is 16.0. The van der Waals surface area contributed by atoms with Crippen LogP contribution in [-0.4, -0.2) is 43.8 Å². The Morgan fingerprint density at radius 1 is 1.02 bits per heavy atom. The fourth-order valence-electron chi connectivity index (χ4n) is 5.71. The van der Waals surface area contributed by atoms with E-state index in [1.165, 1.54) is 6.07 Å². The van der Waals surface area contributed by atoms with Gasteiger partial charge in [-0.1, -0.05) is 54.1 Å². The van der Waals surface area contributed by atoms with Crippen LogP contribution < -0.4 is 10.0 Å². The van der Waals surface area contributed by atoms with E-state index in [1.54, 1.807) is 30.3 Å². The molecule has 2 aromatic carbocycles. The lowest BCUT2D eigenvalue weighted by atomic mass is 9.86. The number of ether oxygens (including phenoxy) is 1. The molecule has 0 radical (unpaired) electrons. The van der Waals surface area contributed by atoms with E-state index >= 15 is 0 Å². The number of thiophene rings is 1. The van der Waals surface area contributed by atoms with Gasteiger partial charge in [-0.25, -0.2) is 13.2 Å². The first-order valence-electron chi connectivity index (χ1n) is 13.3. The molecule has 2 aliphatic rings. The average Bonchev–Trinajstić information content (AvgIpc) is 3.31. The van der Waals surface area contributed by atoms with Crippen molar-refractivity contribution in [2.75, 3.05) is 6.54 Å². The first kappa shape index (κ1) is 28.6. The molecule has 0 saturated heterocycles. The molecule has 2 fully saturated rings. The third kappa shape index (κ3) is 5.76. The van der Waals surface area contributed by atoms with Crippen molar-refractivity contribution in [2.45, 2.75) is 66.2 Å². The van der Waals surface area contributed by atoms with Gasteiger partial charge in [-0.05, 0) is 80.3 Å². The van der Waals surface area contributed by atoms with E-state index in [9.17, 15) is 23.1 Å². The van der Waals surface area contributed by atoms with Crippen molar-refractivity contribution in [3.05, 3.63) is 77.3 Å². The number of carboxylic acids is 1. The van der Waals surface area contributed by atoms with Crippen LogP contribution in [0.3, 0.4) is 0 Å². The zero-order valence-electron chi connectivity index (χ0n) is 21.8. The average molecular weight is 603 g/mol. The number of aliphatic carboxylic acids is 1. The number of nitrogens with one attached hydrogen (secondary N) is 2. The number of sulfonamides is 1. The van der Waals surface area contributed by atoms with E-state index in [1.807, 2.05) is 30.3 Å². The number of alkyl carbamates (subject to hydrolysis) is 1. The Hall–Kier alpha value is -2.92. The summed E-state index contributed by atoms with van der Waals surface area (Å²) in [6.07, 6.45) is 4.23. The predicted octanol–water partition coefficient (Wildman–Crippen LogP) is 5.96. The molecule has 11 heteroatoms. The molecule has 0 aliphatic heterocycles. The first-order chi connectivity index (χ1) is 19.2. The van der Waals surface area contributed by atoms with Gasteiger partial charge in [0.2, 0.25) is 0 Å². The number of carbonyl (C=O) groups excluding carboxylic acids is 1. The number of halogens is 1. The Balaban J connectivity index is 1.33. The SMILES string of the molecule is O=C(NCCC[C@@]1(c2ccccc2)C[C@]1(NS(=O)(=O)c1ccc(-c2ccc(Cl)cc2)s1)C(=O)O)OC1CCCC1. The molecule has 2 atom stereocenters. The van der Waals surface area contributed by atoms with Gasteiger partial charge >= 0.3 is 12.1 Å². The fourth-order valence-corrected chi connectivity index (χ4v) is 8.57. The van der Waals surface area contributed by atoms with Crippen molar-refractivity contribution in [1.82, 2.24) is 10.0 Å². The molecule has 3 aromatic rings. The monoisotopic (exact) mass is 602 g/mol. The molecular weight excluding hydrogens is 572 g/mol. The highest BCUT2D eigenvalue weighted by molar-refractivity contribution is 7.91. The van der Waals surface area contributed by atoms with Gasteiger partial charge in [-0.2, -0.15) is 4.72 Å². The normalized spacial score (nSPS) is 22.6. The summed E-state index contributed by atoms with van der Waals surface area (Å²) in [5, 5.41) is 13.7. The highest BCUT2D eigenvalue weighted by Crippen LogP contribution is 2.61. The second kappa shape index (κ2) is 11.5. The molecule has 3 N–H and O–H groups in total. The number of hydrogen-bond acceptors (Lipinski definition) is 6. The maximum absolute atomic E-state index is 13.5. The number of carbonyl (C=O) groups is 2. The maximum Gasteiger partial charge on any atom is 0.407 e. The zero-order valence-corrected chi connectivity index (χ0v) is 24.2. The predicted molar refractivity (Wildman–Crippen MR) is 154 cm³/mol. The summed E-state index contributed by atoms with van der Waals surface area (Å²) in [7, 11) is -4.16.